The summed E-state index contributed by atoms with van der Waals surface area (Å²) in [4.78, 5) is 20.6. The molecule has 1 aliphatic heterocycles. The van der Waals surface area contributed by atoms with E-state index in [2.05, 4.69) is 27.1 Å². The van der Waals surface area contributed by atoms with Crippen LogP contribution in [0.3, 0.4) is 0 Å². The first-order valence-electron chi connectivity index (χ1n) is 12.0. The summed E-state index contributed by atoms with van der Waals surface area (Å²) in [7, 11) is 4.73. The fourth-order valence-corrected chi connectivity index (χ4v) is 4.61. The van der Waals surface area contributed by atoms with E-state index < -0.39 is 11.6 Å². The van der Waals surface area contributed by atoms with Gasteiger partial charge in [0, 0.05) is 60.6 Å². The highest BCUT2D eigenvalue weighted by molar-refractivity contribution is 6.09. The van der Waals surface area contributed by atoms with E-state index >= 15 is 0 Å². The van der Waals surface area contributed by atoms with E-state index in [9.17, 15) is 13.6 Å². The van der Waals surface area contributed by atoms with Crippen LogP contribution in [0, 0.1) is 11.6 Å². The van der Waals surface area contributed by atoms with Crippen molar-refractivity contribution in [2.24, 2.45) is 0 Å². The van der Waals surface area contributed by atoms with Gasteiger partial charge in [-0.25, -0.2) is 8.78 Å². The highest BCUT2D eigenvalue weighted by atomic mass is 19.1. The number of benzene rings is 3. The van der Waals surface area contributed by atoms with Crippen LogP contribution >= 0.6 is 0 Å². The SMILES string of the molecule is COc1cc(OC)c(F)c(-c2ccc3c(NC(=O)c4ccc(N5CCN(C)CC5)cc4)c[nH]c3c2)c1F. The summed E-state index contributed by atoms with van der Waals surface area (Å²) in [5.41, 5.74) is 2.87. The Balaban J connectivity index is 1.37. The van der Waals surface area contributed by atoms with Crippen molar-refractivity contribution in [1.82, 2.24) is 9.88 Å². The van der Waals surface area contributed by atoms with Crippen molar-refractivity contribution in [3.8, 4) is 22.6 Å². The molecule has 0 unspecified atom stereocenters. The molecule has 1 aliphatic rings. The summed E-state index contributed by atoms with van der Waals surface area (Å²) in [6.45, 7) is 3.93. The third kappa shape index (κ3) is 4.70. The molecule has 2 heterocycles. The van der Waals surface area contributed by atoms with Crippen LogP contribution in [-0.2, 0) is 0 Å². The van der Waals surface area contributed by atoms with E-state index in [1.807, 2.05) is 24.3 Å². The highest BCUT2D eigenvalue weighted by Crippen LogP contribution is 2.39. The lowest BCUT2D eigenvalue weighted by atomic mass is 10.0. The van der Waals surface area contributed by atoms with E-state index in [4.69, 9.17) is 9.47 Å². The number of rotatable bonds is 6. The average molecular weight is 507 g/mol. The fourth-order valence-electron chi connectivity index (χ4n) is 4.61. The number of H-pyrrole nitrogens is 1. The number of methoxy groups -OCH3 is 2. The van der Waals surface area contributed by atoms with E-state index in [0.29, 0.717) is 27.7 Å². The smallest absolute Gasteiger partial charge is 0.255 e. The number of piperazine rings is 1. The molecule has 0 spiro atoms. The Labute approximate surface area is 213 Å². The number of likely N-dealkylation sites (N-methyl/N-ethyl adjacent to an activating group) is 1. The van der Waals surface area contributed by atoms with Crippen molar-refractivity contribution in [1.29, 1.82) is 0 Å². The number of ether oxygens (including phenoxy) is 2. The molecular weight excluding hydrogens is 478 g/mol. The molecule has 5 rings (SSSR count). The normalized spacial score (nSPS) is 14.1. The van der Waals surface area contributed by atoms with Crippen molar-refractivity contribution in [3.63, 3.8) is 0 Å². The van der Waals surface area contributed by atoms with Crippen LogP contribution in [-0.4, -0.2) is 63.2 Å². The zero-order chi connectivity index (χ0) is 26.1. The number of anilines is 2. The summed E-state index contributed by atoms with van der Waals surface area (Å²) in [5, 5.41) is 3.64. The van der Waals surface area contributed by atoms with Crippen LogP contribution in [0.1, 0.15) is 10.4 Å². The van der Waals surface area contributed by atoms with Gasteiger partial charge in [-0.3, -0.25) is 4.79 Å². The highest BCUT2D eigenvalue weighted by Gasteiger charge is 2.22. The molecule has 9 heteroatoms. The Morgan fingerprint density at radius 2 is 1.57 bits per heavy atom. The van der Waals surface area contributed by atoms with Gasteiger partial charge in [0.05, 0.1) is 25.5 Å². The number of nitrogens with one attached hydrogen (secondary N) is 2. The number of carbonyl (C=O) groups is 1. The number of aromatic nitrogens is 1. The number of halogens is 2. The molecule has 0 atom stereocenters. The molecule has 192 valence electrons. The van der Waals surface area contributed by atoms with Crippen molar-refractivity contribution in [2.45, 2.75) is 0 Å². The van der Waals surface area contributed by atoms with E-state index in [0.717, 1.165) is 31.9 Å². The van der Waals surface area contributed by atoms with Gasteiger partial charge in [0.15, 0.2) is 23.1 Å². The Hall–Kier alpha value is -4.11. The molecule has 1 amide bonds. The van der Waals surface area contributed by atoms with Gasteiger partial charge < -0.3 is 29.6 Å². The number of aromatic amines is 1. The fraction of sp³-hybridized carbons (Fsp3) is 0.250. The average Bonchev–Trinajstić information content (AvgIpc) is 3.31. The van der Waals surface area contributed by atoms with Crippen LogP contribution in [0.5, 0.6) is 11.5 Å². The Morgan fingerprint density at radius 1 is 0.919 bits per heavy atom. The molecule has 1 fully saturated rings. The predicted molar refractivity (Wildman–Crippen MR) is 141 cm³/mol. The molecule has 4 aromatic rings. The molecule has 1 aromatic heterocycles. The van der Waals surface area contributed by atoms with Gasteiger partial charge >= 0.3 is 0 Å². The van der Waals surface area contributed by atoms with Gasteiger partial charge in [-0.05, 0) is 42.9 Å². The third-order valence-corrected chi connectivity index (χ3v) is 6.79. The minimum absolute atomic E-state index is 0.119. The lowest BCUT2D eigenvalue weighted by Gasteiger charge is -2.34. The summed E-state index contributed by atoms with van der Waals surface area (Å²) >= 11 is 0. The van der Waals surface area contributed by atoms with Gasteiger partial charge in [0.1, 0.15) is 0 Å². The molecule has 1 saturated heterocycles. The second kappa shape index (κ2) is 10.1. The Morgan fingerprint density at radius 3 is 2.19 bits per heavy atom. The van der Waals surface area contributed by atoms with Crippen molar-refractivity contribution >= 4 is 28.2 Å². The zero-order valence-corrected chi connectivity index (χ0v) is 20.9. The standard InChI is InChI=1S/C28H28F2N4O3/c1-33-10-12-34(13-11-33)19-7-4-17(5-8-19)28(35)32-22-16-31-21-14-18(6-9-20(21)22)25-26(29)23(36-2)15-24(37-3)27(25)30/h4-9,14-16,31H,10-13H2,1-3H3,(H,32,35). The lowest BCUT2D eigenvalue weighted by molar-refractivity contribution is 0.102. The molecule has 0 radical (unpaired) electrons. The van der Waals surface area contributed by atoms with E-state index in [-0.39, 0.29) is 23.0 Å². The van der Waals surface area contributed by atoms with Crippen LogP contribution in [0.2, 0.25) is 0 Å². The number of hydrogen-bond donors (Lipinski definition) is 2. The molecule has 0 saturated carbocycles. The first-order valence-corrected chi connectivity index (χ1v) is 12.0. The van der Waals surface area contributed by atoms with Crippen LogP contribution in [0.25, 0.3) is 22.0 Å². The van der Waals surface area contributed by atoms with Crippen molar-refractivity contribution in [3.05, 3.63) is 71.9 Å². The zero-order valence-electron chi connectivity index (χ0n) is 20.9. The number of nitrogens with zero attached hydrogens (tertiary/aromatic N) is 2. The van der Waals surface area contributed by atoms with Crippen molar-refractivity contribution in [2.75, 3.05) is 57.7 Å². The summed E-state index contributed by atoms with van der Waals surface area (Å²) in [6.07, 6.45) is 1.66. The van der Waals surface area contributed by atoms with Gasteiger partial charge in [0.2, 0.25) is 0 Å². The van der Waals surface area contributed by atoms with Crippen LogP contribution in [0.15, 0.2) is 54.7 Å². The molecular formula is C28H28F2N4O3. The maximum atomic E-state index is 15.0. The quantitative estimate of drug-likeness (QED) is 0.379. The monoisotopic (exact) mass is 506 g/mol. The second-order valence-corrected chi connectivity index (χ2v) is 9.04. The van der Waals surface area contributed by atoms with Gasteiger partial charge in [-0.15, -0.1) is 0 Å². The Kier molecular flexibility index (Phi) is 6.71. The van der Waals surface area contributed by atoms with Gasteiger partial charge in [0.25, 0.3) is 5.91 Å². The summed E-state index contributed by atoms with van der Waals surface area (Å²) < 4.78 is 40.0. The maximum Gasteiger partial charge on any atom is 0.255 e. The number of fused-ring (bicyclic) bond motifs is 1. The first-order chi connectivity index (χ1) is 17.9. The minimum Gasteiger partial charge on any atom is -0.494 e. The maximum absolute atomic E-state index is 15.0. The number of amides is 1. The van der Waals surface area contributed by atoms with E-state index in [1.54, 1.807) is 24.4 Å². The van der Waals surface area contributed by atoms with Crippen molar-refractivity contribution < 1.29 is 23.0 Å². The van der Waals surface area contributed by atoms with E-state index in [1.165, 1.54) is 20.3 Å². The summed E-state index contributed by atoms with van der Waals surface area (Å²) in [6, 6.07) is 13.7. The molecule has 37 heavy (non-hydrogen) atoms. The topological polar surface area (TPSA) is 69.8 Å². The van der Waals surface area contributed by atoms with Crippen LogP contribution < -0.4 is 19.7 Å². The second-order valence-electron chi connectivity index (χ2n) is 9.04. The lowest BCUT2D eigenvalue weighted by Crippen LogP contribution is -2.44. The first kappa shape index (κ1) is 24.6. The third-order valence-electron chi connectivity index (χ3n) is 6.79. The minimum atomic E-state index is -0.819. The molecule has 0 aliphatic carbocycles. The molecule has 7 nitrogen and oxygen atoms in total. The number of hydrogen-bond acceptors (Lipinski definition) is 5. The summed E-state index contributed by atoms with van der Waals surface area (Å²) in [5.74, 6) is -2.12. The largest absolute Gasteiger partial charge is 0.494 e. The molecule has 0 bridgehead atoms. The van der Waals surface area contributed by atoms with Gasteiger partial charge in [-0.1, -0.05) is 12.1 Å². The Bertz CT molecular complexity index is 1420. The number of carbonyl (C=O) groups excluding carboxylic acids is 1. The predicted octanol–water partition coefficient (Wildman–Crippen LogP) is 5.13. The van der Waals surface area contributed by atoms with Gasteiger partial charge in [-0.2, -0.15) is 0 Å². The van der Waals surface area contributed by atoms with Crippen LogP contribution in [0.4, 0.5) is 20.2 Å². The molecule has 2 N–H and O–H groups in total. The molecule has 3 aromatic carbocycles.